The first kappa shape index (κ1) is 21.9. The number of sulfonamides is 1. The zero-order valence-electron chi connectivity index (χ0n) is 16.3. The van der Waals surface area contributed by atoms with Gasteiger partial charge in [-0.05, 0) is 17.7 Å². The minimum atomic E-state index is -3.91. The predicted molar refractivity (Wildman–Crippen MR) is 104 cm³/mol. The van der Waals surface area contributed by atoms with E-state index in [1.54, 1.807) is 12.1 Å². The molecule has 0 spiro atoms. The highest BCUT2D eigenvalue weighted by atomic mass is 32.2. The third-order valence-corrected chi connectivity index (χ3v) is 5.39. The molecule has 0 saturated heterocycles. The Kier molecular flexibility index (Phi) is 7.17. The number of benzene rings is 2. The summed E-state index contributed by atoms with van der Waals surface area (Å²) in [5, 5.41) is 11.0. The SMILES string of the molecule is C[N+](C)(C)CC(CC(=O)[O-])NS(=O)(=O)c1cccc(OCc2ccccc2)c1. The van der Waals surface area contributed by atoms with E-state index >= 15 is 0 Å². The van der Waals surface area contributed by atoms with Crippen LogP contribution in [-0.4, -0.2) is 52.6 Å². The molecule has 0 heterocycles. The maximum atomic E-state index is 12.7. The van der Waals surface area contributed by atoms with Crippen molar-refractivity contribution < 1.29 is 27.5 Å². The molecule has 2 aromatic rings. The monoisotopic (exact) mass is 406 g/mol. The van der Waals surface area contributed by atoms with Crippen LogP contribution in [0.15, 0.2) is 59.5 Å². The van der Waals surface area contributed by atoms with E-state index in [0.29, 0.717) is 23.4 Å². The summed E-state index contributed by atoms with van der Waals surface area (Å²) in [7, 11) is 1.65. The van der Waals surface area contributed by atoms with Gasteiger partial charge in [-0.1, -0.05) is 36.4 Å². The maximum Gasteiger partial charge on any atom is 0.241 e. The summed E-state index contributed by atoms with van der Waals surface area (Å²) in [5.41, 5.74) is 0.964. The number of carboxylic acid groups (broad SMARTS) is 1. The lowest BCUT2D eigenvalue weighted by atomic mass is 10.2. The Hall–Kier alpha value is -2.42. The molecule has 2 aromatic carbocycles. The van der Waals surface area contributed by atoms with E-state index in [0.717, 1.165) is 5.56 Å². The molecule has 0 aromatic heterocycles. The first-order valence-corrected chi connectivity index (χ1v) is 10.3. The lowest BCUT2D eigenvalue weighted by Gasteiger charge is -2.29. The zero-order valence-corrected chi connectivity index (χ0v) is 17.1. The Labute approximate surface area is 166 Å². The van der Waals surface area contributed by atoms with Gasteiger partial charge in [0.2, 0.25) is 10.0 Å². The van der Waals surface area contributed by atoms with Gasteiger partial charge in [0.15, 0.2) is 0 Å². The highest BCUT2D eigenvalue weighted by molar-refractivity contribution is 7.89. The molecule has 0 amide bonds. The van der Waals surface area contributed by atoms with E-state index in [1.165, 1.54) is 12.1 Å². The number of hydrogen-bond acceptors (Lipinski definition) is 5. The summed E-state index contributed by atoms with van der Waals surface area (Å²) in [6, 6.07) is 14.9. The van der Waals surface area contributed by atoms with Crippen molar-refractivity contribution >= 4 is 16.0 Å². The van der Waals surface area contributed by atoms with Gasteiger partial charge in [-0.25, -0.2) is 13.1 Å². The van der Waals surface area contributed by atoms with Crippen molar-refractivity contribution in [2.24, 2.45) is 0 Å². The second kappa shape index (κ2) is 9.18. The molecule has 28 heavy (non-hydrogen) atoms. The lowest BCUT2D eigenvalue weighted by molar-refractivity contribution is -0.871. The van der Waals surface area contributed by atoms with Gasteiger partial charge in [0.1, 0.15) is 12.4 Å². The van der Waals surface area contributed by atoms with Gasteiger partial charge in [0.25, 0.3) is 0 Å². The van der Waals surface area contributed by atoms with Crippen LogP contribution in [0.4, 0.5) is 0 Å². The summed E-state index contributed by atoms with van der Waals surface area (Å²) in [4.78, 5) is 11.0. The molecule has 0 radical (unpaired) electrons. The Morgan fingerprint density at radius 3 is 2.39 bits per heavy atom. The van der Waals surface area contributed by atoms with Crippen LogP contribution in [0.25, 0.3) is 0 Å². The number of aliphatic carboxylic acids is 1. The third kappa shape index (κ3) is 7.30. The van der Waals surface area contributed by atoms with Gasteiger partial charge in [-0.2, -0.15) is 0 Å². The topological polar surface area (TPSA) is 95.5 Å². The van der Waals surface area contributed by atoms with Crippen molar-refractivity contribution in [3.8, 4) is 5.75 Å². The number of carbonyl (C=O) groups excluding carboxylic acids is 1. The van der Waals surface area contributed by atoms with E-state index in [2.05, 4.69) is 4.72 Å². The second-order valence-corrected chi connectivity index (χ2v) is 9.33. The summed E-state index contributed by atoms with van der Waals surface area (Å²) < 4.78 is 34.1. The molecule has 152 valence electrons. The summed E-state index contributed by atoms with van der Waals surface area (Å²) in [5.74, 6) is -0.893. The number of quaternary nitrogens is 1. The third-order valence-electron chi connectivity index (χ3n) is 3.87. The standard InChI is InChI=1S/C20H26N2O5S/c1-22(2,3)14-17(12-20(23)24)21-28(25,26)19-11-7-10-18(13-19)27-15-16-8-5-4-6-9-16/h4-11,13,17,21H,12,14-15H2,1-3H3. The molecule has 0 fully saturated rings. The highest BCUT2D eigenvalue weighted by Gasteiger charge is 2.25. The van der Waals surface area contributed by atoms with Gasteiger partial charge < -0.3 is 19.1 Å². The number of rotatable bonds is 10. The average molecular weight is 407 g/mol. The quantitative estimate of drug-likeness (QED) is 0.588. The van der Waals surface area contributed by atoms with Crippen LogP contribution in [0.5, 0.6) is 5.75 Å². The second-order valence-electron chi connectivity index (χ2n) is 7.62. The largest absolute Gasteiger partial charge is 0.550 e. The Bertz CT molecular complexity index is 892. The van der Waals surface area contributed by atoms with E-state index in [9.17, 15) is 18.3 Å². The number of ether oxygens (including phenoxy) is 1. The number of nitrogens with zero attached hydrogens (tertiary/aromatic N) is 1. The van der Waals surface area contributed by atoms with Gasteiger partial charge in [-0.15, -0.1) is 0 Å². The molecule has 0 saturated carbocycles. The van der Waals surface area contributed by atoms with Crippen molar-refractivity contribution in [3.63, 3.8) is 0 Å². The number of carbonyl (C=O) groups is 1. The molecule has 0 aliphatic heterocycles. The maximum absolute atomic E-state index is 12.7. The number of carboxylic acids is 1. The molecule has 0 bridgehead atoms. The van der Waals surface area contributed by atoms with Crippen LogP contribution in [-0.2, 0) is 21.4 Å². The number of likely N-dealkylation sites (N-methyl/N-ethyl adjacent to an activating group) is 1. The van der Waals surface area contributed by atoms with E-state index in [4.69, 9.17) is 4.74 Å². The average Bonchev–Trinajstić information content (AvgIpc) is 2.58. The molecule has 1 unspecified atom stereocenters. The molecular formula is C20H26N2O5S. The number of hydrogen-bond donors (Lipinski definition) is 1. The molecule has 7 nitrogen and oxygen atoms in total. The van der Waals surface area contributed by atoms with Gasteiger partial charge in [-0.3, -0.25) is 0 Å². The van der Waals surface area contributed by atoms with Crippen molar-refractivity contribution in [2.45, 2.75) is 24.0 Å². The first-order valence-electron chi connectivity index (χ1n) is 8.84. The van der Waals surface area contributed by atoms with E-state index in [-0.39, 0.29) is 4.90 Å². The molecule has 1 N–H and O–H groups in total. The molecule has 8 heteroatoms. The van der Waals surface area contributed by atoms with Gasteiger partial charge in [0, 0.05) is 18.5 Å². The summed E-state index contributed by atoms with van der Waals surface area (Å²) >= 11 is 0. The fourth-order valence-corrected chi connectivity index (χ4v) is 4.03. The normalized spacial score (nSPS) is 13.1. The fourth-order valence-electron chi connectivity index (χ4n) is 2.77. The lowest BCUT2D eigenvalue weighted by Crippen LogP contribution is -2.50. The van der Waals surface area contributed by atoms with Crippen molar-refractivity contribution in [3.05, 3.63) is 60.2 Å². The fraction of sp³-hybridized carbons (Fsp3) is 0.350. The van der Waals surface area contributed by atoms with Crippen LogP contribution in [0.3, 0.4) is 0 Å². The van der Waals surface area contributed by atoms with Crippen LogP contribution >= 0.6 is 0 Å². The van der Waals surface area contributed by atoms with E-state index in [1.807, 2.05) is 51.5 Å². The van der Waals surface area contributed by atoms with Gasteiger partial charge >= 0.3 is 0 Å². The molecular weight excluding hydrogens is 380 g/mol. The van der Waals surface area contributed by atoms with Gasteiger partial charge in [0.05, 0.1) is 38.6 Å². The Morgan fingerprint density at radius 1 is 1.11 bits per heavy atom. The highest BCUT2D eigenvalue weighted by Crippen LogP contribution is 2.19. The molecule has 1 atom stereocenters. The smallest absolute Gasteiger partial charge is 0.241 e. The molecule has 0 aliphatic rings. The predicted octanol–water partition coefficient (Wildman–Crippen LogP) is 0.759. The zero-order chi connectivity index (χ0) is 20.8. The summed E-state index contributed by atoms with van der Waals surface area (Å²) in [6.07, 6.45) is -0.404. The van der Waals surface area contributed by atoms with Crippen molar-refractivity contribution in [1.29, 1.82) is 0 Å². The van der Waals surface area contributed by atoms with Crippen LogP contribution in [0.2, 0.25) is 0 Å². The van der Waals surface area contributed by atoms with Crippen molar-refractivity contribution in [2.75, 3.05) is 27.7 Å². The number of nitrogens with one attached hydrogen (secondary N) is 1. The minimum Gasteiger partial charge on any atom is -0.550 e. The Morgan fingerprint density at radius 2 is 1.79 bits per heavy atom. The molecule has 2 rings (SSSR count). The van der Waals surface area contributed by atoms with Crippen molar-refractivity contribution in [1.82, 2.24) is 4.72 Å². The van der Waals surface area contributed by atoms with Crippen LogP contribution < -0.4 is 14.6 Å². The van der Waals surface area contributed by atoms with E-state index < -0.39 is 28.5 Å². The molecule has 0 aliphatic carbocycles. The van der Waals surface area contributed by atoms with Crippen LogP contribution in [0.1, 0.15) is 12.0 Å². The first-order chi connectivity index (χ1) is 13.0. The minimum absolute atomic E-state index is 0.0165. The van der Waals surface area contributed by atoms with Crippen LogP contribution in [0, 0.1) is 0 Å². The summed E-state index contributed by atoms with van der Waals surface area (Å²) in [6.45, 7) is 0.615. The Balaban J connectivity index is 2.13.